The van der Waals surface area contributed by atoms with Crippen LogP contribution in [0.15, 0.2) is 53.5 Å². The van der Waals surface area contributed by atoms with Gasteiger partial charge in [-0.05, 0) is 53.5 Å². The molecule has 0 atom stereocenters. The van der Waals surface area contributed by atoms with Crippen LogP contribution >= 0.6 is 0 Å². The maximum absolute atomic E-state index is 4.90. The van der Waals surface area contributed by atoms with E-state index in [0.29, 0.717) is 0 Å². The van der Waals surface area contributed by atoms with Crippen molar-refractivity contribution < 1.29 is 0 Å². The second-order valence-electron chi connectivity index (χ2n) is 6.87. The van der Waals surface area contributed by atoms with Crippen molar-refractivity contribution in [3.05, 3.63) is 65.2 Å². The van der Waals surface area contributed by atoms with E-state index in [4.69, 9.17) is 4.99 Å². The van der Waals surface area contributed by atoms with Crippen LogP contribution in [0.5, 0.6) is 0 Å². The van der Waals surface area contributed by atoms with Gasteiger partial charge in [-0.25, -0.2) is 0 Å². The summed E-state index contributed by atoms with van der Waals surface area (Å²) in [5, 5.41) is 0. The molecule has 0 saturated heterocycles. The molecular weight excluding hydrogens is 254 g/mol. The molecule has 21 heavy (non-hydrogen) atoms. The number of hydrogen-bond acceptors (Lipinski definition) is 1. The van der Waals surface area contributed by atoms with Crippen LogP contribution in [0.1, 0.15) is 50.3 Å². The number of benzene rings is 2. The molecule has 108 valence electrons. The van der Waals surface area contributed by atoms with Crippen molar-refractivity contribution in [1.82, 2.24) is 0 Å². The van der Waals surface area contributed by atoms with Gasteiger partial charge in [0.05, 0.1) is 5.69 Å². The van der Waals surface area contributed by atoms with E-state index in [1.807, 2.05) is 0 Å². The Balaban J connectivity index is 1.93. The minimum atomic E-state index is 0.198. The highest BCUT2D eigenvalue weighted by Crippen LogP contribution is 2.27. The third-order valence-corrected chi connectivity index (χ3v) is 4.19. The van der Waals surface area contributed by atoms with E-state index in [1.165, 1.54) is 35.2 Å². The molecule has 0 saturated carbocycles. The number of hydrogen-bond donors (Lipinski definition) is 0. The van der Waals surface area contributed by atoms with Crippen molar-refractivity contribution >= 4 is 11.4 Å². The van der Waals surface area contributed by atoms with Gasteiger partial charge in [0.15, 0.2) is 0 Å². The molecule has 0 spiro atoms. The molecule has 0 aromatic heterocycles. The van der Waals surface area contributed by atoms with E-state index in [2.05, 4.69) is 69.3 Å². The second kappa shape index (κ2) is 5.48. The van der Waals surface area contributed by atoms with E-state index in [1.54, 1.807) is 0 Å². The quantitative estimate of drug-likeness (QED) is 0.658. The Bertz CT molecular complexity index is 657. The van der Waals surface area contributed by atoms with Crippen molar-refractivity contribution in [2.24, 2.45) is 4.99 Å². The van der Waals surface area contributed by atoms with Crippen LogP contribution in [0.2, 0.25) is 0 Å². The lowest BCUT2D eigenvalue weighted by Crippen LogP contribution is -2.11. The summed E-state index contributed by atoms with van der Waals surface area (Å²) in [5.74, 6) is 0. The lowest BCUT2D eigenvalue weighted by atomic mass is 9.87. The topological polar surface area (TPSA) is 12.4 Å². The smallest absolute Gasteiger partial charge is 0.0633 e. The van der Waals surface area contributed by atoms with E-state index < -0.39 is 0 Å². The highest BCUT2D eigenvalue weighted by atomic mass is 14.7. The second-order valence-corrected chi connectivity index (χ2v) is 6.87. The summed E-state index contributed by atoms with van der Waals surface area (Å²) >= 11 is 0. The lowest BCUT2D eigenvalue weighted by Gasteiger charge is -2.19. The summed E-state index contributed by atoms with van der Waals surface area (Å²) in [6.07, 6.45) is 3.46. The fourth-order valence-electron chi connectivity index (χ4n) is 2.91. The van der Waals surface area contributed by atoms with Crippen molar-refractivity contribution in [2.45, 2.75) is 45.4 Å². The molecule has 1 aliphatic rings. The first-order valence-corrected chi connectivity index (χ1v) is 7.80. The first-order chi connectivity index (χ1) is 10.0. The van der Waals surface area contributed by atoms with Crippen LogP contribution in [0.25, 0.3) is 0 Å². The molecule has 0 radical (unpaired) electrons. The van der Waals surface area contributed by atoms with Gasteiger partial charge >= 0.3 is 0 Å². The molecule has 0 fully saturated rings. The van der Waals surface area contributed by atoms with Gasteiger partial charge in [0.25, 0.3) is 0 Å². The molecule has 0 unspecified atom stereocenters. The highest BCUT2D eigenvalue weighted by molar-refractivity contribution is 6.04. The van der Waals surface area contributed by atoms with Crippen molar-refractivity contribution in [3.8, 4) is 0 Å². The zero-order valence-electron chi connectivity index (χ0n) is 13.2. The number of rotatable bonds is 1. The van der Waals surface area contributed by atoms with Crippen LogP contribution in [0.3, 0.4) is 0 Å². The van der Waals surface area contributed by atoms with Gasteiger partial charge in [-0.15, -0.1) is 0 Å². The van der Waals surface area contributed by atoms with Crippen LogP contribution in [0, 0.1) is 0 Å². The molecule has 0 aliphatic heterocycles. The highest BCUT2D eigenvalue weighted by Gasteiger charge is 2.15. The number of aliphatic imine (C=N–C) groups is 1. The summed E-state index contributed by atoms with van der Waals surface area (Å²) in [5.41, 5.74) is 6.63. The van der Waals surface area contributed by atoms with Crippen LogP contribution in [0.4, 0.5) is 5.69 Å². The Morgan fingerprint density at radius 1 is 0.857 bits per heavy atom. The Hall–Kier alpha value is -1.89. The van der Waals surface area contributed by atoms with Crippen molar-refractivity contribution in [1.29, 1.82) is 0 Å². The fraction of sp³-hybridized carbons (Fsp3) is 0.350. The van der Waals surface area contributed by atoms with Gasteiger partial charge < -0.3 is 0 Å². The van der Waals surface area contributed by atoms with Gasteiger partial charge in [-0.2, -0.15) is 0 Å². The number of aryl methyl sites for hydroxylation is 1. The SMILES string of the molecule is CC(C)(C)c1ccc(N=C2CCCc3ccccc32)cc1. The molecule has 3 rings (SSSR count). The lowest BCUT2D eigenvalue weighted by molar-refractivity contribution is 0.590. The summed E-state index contributed by atoms with van der Waals surface area (Å²) < 4.78 is 0. The predicted molar refractivity (Wildman–Crippen MR) is 90.7 cm³/mol. The molecule has 0 N–H and O–H groups in total. The Labute approximate surface area is 127 Å². The maximum atomic E-state index is 4.90. The number of fused-ring (bicyclic) bond motifs is 1. The maximum Gasteiger partial charge on any atom is 0.0633 e. The first-order valence-electron chi connectivity index (χ1n) is 7.80. The fourth-order valence-corrected chi connectivity index (χ4v) is 2.91. The zero-order chi connectivity index (χ0) is 14.9. The largest absolute Gasteiger partial charge is 0.253 e. The summed E-state index contributed by atoms with van der Waals surface area (Å²) in [6.45, 7) is 6.72. The summed E-state index contributed by atoms with van der Waals surface area (Å²) in [7, 11) is 0. The Morgan fingerprint density at radius 2 is 1.57 bits per heavy atom. The van der Waals surface area contributed by atoms with Crippen LogP contribution < -0.4 is 0 Å². The molecule has 0 amide bonds. The third-order valence-electron chi connectivity index (χ3n) is 4.19. The van der Waals surface area contributed by atoms with E-state index in [0.717, 1.165) is 12.1 Å². The minimum absolute atomic E-state index is 0.198. The Kier molecular flexibility index (Phi) is 3.67. The summed E-state index contributed by atoms with van der Waals surface area (Å²) in [4.78, 5) is 4.90. The average Bonchev–Trinajstić information content (AvgIpc) is 2.47. The minimum Gasteiger partial charge on any atom is -0.253 e. The molecular formula is C20H23N. The molecule has 1 heteroatoms. The zero-order valence-corrected chi connectivity index (χ0v) is 13.2. The standard InChI is InChI=1S/C20H23N/c1-20(2,3)16-11-13-17(14-12-16)21-19-10-6-8-15-7-4-5-9-18(15)19/h4-5,7,9,11-14H,6,8,10H2,1-3H3. The molecule has 0 bridgehead atoms. The third kappa shape index (κ3) is 3.07. The van der Waals surface area contributed by atoms with Crippen molar-refractivity contribution in [3.63, 3.8) is 0 Å². The summed E-state index contributed by atoms with van der Waals surface area (Å²) in [6, 6.07) is 17.4. The van der Waals surface area contributed by atoms with Crippen LogP contribution in [-0.2, 0) is 11.8 Å². The number of nitrogens with zero attached hydrogens (tertiary/aromatic N) is 1. The van der Waals surface area contributed by atoms with Gasteiger partial charge in [-0.1, -0.05) is 57.2 Å². The van der Waals surface area contributed by atoms with Gasteiger partial charge in [0.1, 0.15) is 0 Å². The predicted octanol–water partition coefficient (Wildman–Crippen LogP) is 5.44. The van der Waals surface area contributed by atoms with Crippen LogP contribution in [-0.4, -0.2) is 5.71 Å². The van der Waals surface area contributed by atoms with E-state index in [-0.39, 0.29) is 5.41 Å². The molecule has 2 aromatic carbocycles. The molecule has 1 aliphatic carbocycles. The monoisotopic (exact) mass is 277 g/mol. The van der Waals surface area contributed by atoms with Gasteiger partial charge in [0.2, 0.25) is 0 Å². The molecule has 2 aromatic rings. The Morgan fingerprint density at radius 3 is 2.29 bits per heavy atom. The average molecular weight is 277 g/mol. The molecule has 0 heterocycles. The van der Waals surface area contributed by atoms with E-state index >= 15 is 0 Å². The van der Waals surface area contributed by atoms with E-state index in [9.17, 15) is 0 Å². The normalized spacial score (nSPS) is 16.8. The van der Waals surface area contributed by atoms with Gasteiger partial charge in [-0.3, -0.25) is 4.99 Å². The first kappa shape index (κ1) is 14.1. The van der Waals surface area contributed by atoms with Crippen molar-refractivity contribution in [2.75, 3.05) is 0 Å². The molecule has 1 nitrogen and oxygen atoms in total. The van der Waals surface area contributed by atoms with Gasteiger partial charge in [0, 0.05) is 5.71 Å².